The summed E-state index contributed by atoms with van der Waals surface area (Å²) in [6.07, 6.45) is -1.42. The van der Waals surface area contributed by atoms with Crippen molar-refractivity contribution >= 4 is 63.9 Å². The smallest absolute Gasteiger partial charge is 0.790 e. The van der Waals surface area contributed by atoms with Gasteiger partial charge in [-0.25, -0.2) is 15.0 Å². The first kappa shape index (κ1) is 90.0. The van der Waals surface area contributed by atoms with Gasteiger partial charge in [0.05, 0.1) is 44.2 Å². The summed E-state index contributed by atoms with van der Waals surface area (Å²) in [7, 11) is -35.8. The average Bonchev–Trinajstić information content (AvgIpc) is 3.29. The predicted octanol–water partition coefficient (Wildman–Crippen LogP) is -39.6. The van der Waals surface area contributed by atoms with E-state index in [1.54, 1.807) is 0 Å². The summed E-state index contributed by atoms with van der Waals surface area (Å²) in [5.74, 6) is 0.218. The third-order valence-electron chi connectivity index (χ3n) is 3.98. The van der Waals surface area contributed by atoms with Crippen LogP contribution in [-0.4, -0.2) is 59.8 Å². The van der Waals surface area contributed by atoms with E-state index in [0.29, 0.717) is 11.2 Å². The van der Waals surface area contributed by atoms with Crippen LogP contribution in [-0.2, 0) is 49.4 Å². The van der Waals surface area contributed by atoms with Gasteiger partial charge in [-0.1, -0.05) is 0 Å². The van der Waals surface area contributed by atoms with E-state index in [1.165, 1.54) is 17.2 Å². The Morgan fingerprint density at radius 2 is 0.964 bits per heavy atom. The quantitative estimate of drug-likeness (QED) is 0.127. The molecule has 55 heavy (non-hydrogen) atoms. The number of nitrogens with two attached hydrogens (primary N) is 1. The first-order valence-electron chi connectivity index (χ1n) is 10.1. The fourth-order valence-electron chi connectivity index (χ4n) is 2.69. The molecule has 0 aromatic carbocycles. The molecule has 1 aliphatic rings. The number of imidazole rings is 1. The summed E-state index contributed by atoms with van der Waals surface area (Å²) in [5, 5.41) is 28.7. The third-order valence-corrected chi connectivity index (χ3v) is 10.4. The fourth-order valence-corrected chi connectivity index (χ4v) is 7.38. The molecule has 45 heteroatoms. The van der Waals surface area contributed by atoms with Crippen molar-refractivity contribution in [2.45, 2.75) is 24.5 Å². The Hall–Kier alpha value is 12.2. The number of nitrogens with zero attached hydrogens (tertiary/aromatic N) is 4. The second kappa shape index (κ2) is 40.6. The van der Waals surface area contributed by atoms with Crippen LogP contribution in [0.15, 0.2) is 12.7 Å². The van der Waals surface area contributed by atoms with E-state index in [9.17, 15) is 86.5 Å². The van der Waals surface area contributed by atoms with Crippen LogP contribution in [0, 0.1) is 0 Å². The number of fused-ring (bicyclic) bond motifs is 1. The Labute approximate surface area is 633 Å². The number of rotatable bonds is 10. The Morgan fingerprint density at radius 3 is 1.24 bits per heavy atom. The number of phosphoric acid groups is 6. The van der Waals surface area contributed by atoms with Crippen molar-refractivity contribution in [2.24, 2.45) is 0 Å². The monoisotopic (exact) mass is 1080 g/mol. The van der Waals surface area contributed by atoms with E-state index in [2.05, 4.69) is 32.2 Å². The predicted molar refractivity (Wildman–Crippen MR) is 113 cm³/mol. The van der Waals surface area contributed by atoms with Gasteiger partial charge in [0.25, 0.3) is 15.6 Å². The zero-order valence-electron chi connectivity index (χ0n) is 30.6. The Kier molecular flexibility index (Phi) is 66.5. The molecule has 4 atom stereocenters. The summed E-state index contributed by atoms with van der Waals surface area (Å²) < 4.78 is 76.2. The first-order valence-corrected chi connectivity index (χ1v) is 18.8. The first-order chi connectivity index (χ1) is 20.0. The molecule has 0 amide bonds. The Bertz CT molecular complexity index is 1520. The van der Waals surface area contributed by atoms with Crippen LogP contribution in [0.2, 0.25) is 0 Å². The van der Waals surface area contributed by atoms with Gasteiger partial charge >= 0.3 is 405 Å². The third kappa shape index (κ3) is 41.4. The molecule has 2 aromatic heterocycles. The SMILES string of the molecule is Nc1ncnc2c1ncn2[C@@H]1O[C@H](CO)[C@@H](O)[C@H]1O.O=P([O-])([O-])OP(=O)([O-])OP(=O)([O-])[O-].O=P([O-])([O-])OP(=O)([O-])OP(=O)([O-])[O-].[K+].[K+].[K+].[K+].[K+].[Na+].[Na+].[Na+].[Na+].[Na+]. The van der Waals surface area contributed by atoms with Crippen LogP contribution in [0.1, 0.15) is 6.23 Å². The maximum Gasteiger partial charge on any atom is 1.00 e. The second-order valence-corrected chi connectivity index (χ2v) is 15.3. The van der Waals surface area contributed by atoms with E-state index in [1.807, 2.05) is 0 Å². The van der Waals surface area contributed by atoms with Crippen LogP contribution in [0.3, 0.4) is 0 Å². The molecular weight excluding hydrogens is 1070 g/mol. The number of aliphatic hydroxyl groups excluding tert-OH is 3. The van der Waals surface area contributed by atoms with Crippen LogP contribution in [0.5, 0.6) is 0 Å². The van der Waals surface area contributed by atoms with Gasteiger partial charge in [0.15, 0.2) is 17.7 Å². The number of hydrogen-bond acceptors (Lipinski definition) is 28. The van der Waals surface area contributed by atoms with E-state index >= 15 is 0 Å². The van der Waals surface area contributed by atoms with E-state index in [4.69, 9.17) is 15.6 Å². The van der Waals surface area contributed by atoms with Crippen molar-refractivity contribution in [3.05, 3.63) is 12.7 Å². The van der Waals surface area contributed by atoms with Crippen LogP contribution in [0.25, 0.3) is 11.2 Å². The summed E-state index contributed by atoms with van der Waals surface area (Å²) in [4.78, 5) is 109. The molecule has 0 aliphatic carbocycles. The molecule has 1 aliphatic heterocycles. The molecule has 0 spiro atoms. The van der Waals surface area contributed by atoms with Gasteiger partial charge < -0.3 is 93.0 Å². The van der Waals surface area contributed by atoms with Crippen molar-refractivity contribution in [3.63, 3.8) is 0 Å². The summed E-state index contributed by atoms with van der Waals surface area (Å²) in [5.41, 5.74) is 6.44. The molecule has 0 unspecified atom stereocenters. The molecule has 2 aromatic rings. The maximum absolute atomic E-state index is 10.1. The molecule has 0 saturated carbocycles. The average molecular weight is 1080 g/mol. The molecule has 1 fully saturated rings. The topological polar surface area (TPSA) is 509 Å². The zero-order valence-corrected chi connectivity index (χ0v) is 61.6. The van der Waals surface area contributed by atoms with Gasteiger partial charge in [-0.05, 0) is 0 Å². The number of aliphatic hydroxyl groups is 3. The summed E-state index contributed by atoms with van der Waals surface area (Å²) >= 11 is 0. The molecule has 29 nitrogen and oxygen atoms in total. The number of nitrogen functional groups attached to an aromatic ring is 1. The molecule has 5 N–H and O–H groups in total. The molecular formula is C10H13K5N5Na5O24P6. The van der Waals surface area contributed by atoms with Crippen molar-refractivity contribution in [1.82, 2.24) is 19.5 Å². The zero-order chi connectivity index (χ0) is 35.4. The fraction of sp³-hybridized carbons (Fsp3) is 0.500. The minimum atomic E-state index is -5.97. The van der Waals surface area contributed by atoms with Gasteiger partial charge in [-0.2, -0.15) is 0 Å². The van der Waals surface area contributed by atoms with E-state index in [-0.39, 0.29) is 411 Å². The van der Waals surface area contributed by atoms with Gasteiger partial charge in [0.2, 0.25) is 0 Å². The standard InChI is InChI=1S/C10H13N5O4.5K.5Na.2H5O10P3/c11-8-5-9(13-2-12-8)15(3-14-5)10-7(18)6(17)4(1-16)19-10;;;;;;;;;;;2*1-11(2,3)9-13(7,8)10-12(4,5)6/h2-4,6-7,10,16-18H,1H2,(H2,11,12,13);;;;;;;;;;;2*(H,7,8)(H2,1,2,3)(H2,4,5,6)/q;10*+1;;/p-10/t4-,6-,7-,10-;;;;;;;;;;;;/m1............/s1. The maximum atomic E-state index is 10.1. The largest absolute Gasteiger partial charge is 1.00 e. The second-order valence-electron chi connectivity index (χ2n) is 7.32. The van der Waals surface area contributed by atoms with Gasteiger partial charge in [-0.15, -0.1) is 0 Å². The van der Waals surface area contributed by atoms with E-state index in [0.717, 1.165) is 0 Å². The summed E-state index contributed by atoms with van der Waals surface area (Å²) in [6.45, 7) is -0.390. The minimum absolute atomic E-state index is 0. The van der Waals surface area contributed by atoms with Crippen LogP contribution in [0.4, 0.5) is 5.82 Å². The van der Waals surface area contributed by atoms with Crippen molar-refractivity contribution < 1.29 is 518 Å². The van der Waals surface area contributed by atoms with Gasteiger partial charge in [0, 0.05) is 0 Å². The number of hydrogen-bond donors (Lipinski definition) is 4. The van der Waals surface area contributed by atoms with Crippen LogP contribution >= 0.6 is 46.9 Å². The van der Waals surface area contributed by atoms with Gasteiger partial charge in [0.1, 0.15) is 30.2 Å². The molecule has 0 bridgehead atoms. The molecule has 1 saturated heterocycles. The Balaban J connectivity index is -0.0000000650. The van der Waals surface area contributed by atoms with Gasteiger partial charge in [-0.3, -0.25) is 30.9 Å². The number of aromatic nitrogens is 4. The Morgan fingerprint density at radius 1 is 0.636 bits per heavy atom. The minimum Gasteiger partial charge on any atom is -0.790 e. The molecule has 262 valence electrons. The molecule has 0 radical (unpaired) electrons. The normalized spacial score (nSPS) is 17.6. The molecule has 3 heterocycles. The van der Waals surface area contributed by atoms with Crippen LogP contribution < -0.4 is 459 Å². The van der Waals surface area contributed by atoms with Crippen molar-refractivity contribution in [3.8, 4) is 0 Å². The van der Waals surface area contributed by atoms with E-state index < -0.39 is 78.1 Å². The van der Waals surface area contributed by atoms with Crippen molar-refractivity contribution in [1.29, 1.82) is 0 Å². The number of ether oxygens (including phenoxy) is 1. The summed E-state index contributed by atoms with van der Waals surface area (Å²) in [6, 6.07) is 0. The molecule has 3 rings (SSSR count). The number of anilines is 1. The van der Waals surface area contributed by atoms with Crippen molar-refractivity contribution in [2.75, 3.05) is 12.3 Å².